The third kappa shape index (κ3) is 4.81. The maximum atomic E-state index is 12.2. The van der Waals surface area contributed by atoms with Crippen molar-refractivity contribution in [2.24, 2.45) is 0 Å². The first-order valence-electron chi connectivity index (χ1n) is 8.53. The van der Waals surface area contributed by atoms with Gasteiger partial charge in [0.15, 0.2) is 0 Å². The summed E-state index contributed by atoms with van der Waals surface area (Å²) in [5.74, 6) is 0.342. The summed E-state index contributed by atoms with van der Waals surface area (Å²) >= 11 is 12.2. The zero-order valence-corrected chi connectivity index (χ0v) is 17.0. The fraction of sp³-hybridized carbons (Fsp3) is 0.200. The smallest absolute Gasteiger partial charge is 0.259 e. The Morgan fingerprint density at radius 3 is 2.59 bits per heavy atom. The molecule has 0 saturated heterocycles. The van der Waals surface area contributed by atoms with Gasteiger partial charge in [-0.1, -0.05) is 62.2 Å². The van der Waals surface area contributed by atoms with Crippen molar-refractivity contribution >= 4 is 57.2 Å². The van der Waals surface area contributed by atoms with Gasteiger partial charge in [-0.2, -0.15) is 0 Å². The number of benzene rings is 1. The van der Waals surface area contributed by atoms with Crippen molar-refractivity contribution < 1.29 is 0 Å². The van der Waals surface area contributed by atoms with Crippen molar-refractivity contribution in [3.05, 3.63) is 63.1 Å². The van der Waals surface area contributed by atoms with Gasteiger partial charge in [-0.15, -0.1) is 0 Å². The minimum atomic E-state index is -0.294. The number of pyridine rings is 2. The highest BCUT2D eigenvalue weighted by Crippen LogP contribution is 2.30. The first-order chi connectivity index (χ1) is 12.9. The van der Waals surface area contributed by atoms with Crippen molar-refractivity contribution in [1.29, 1.82) is 0 Å². The van der Waals surface area contributed by atoms with Gasteiger partial charge in [-0.25, -0.2) is 4.98 Å². The Hall–Kier alpha value is -2.50. The lowest BCUT2D eigenvalue weighted by Gasteiger charge is -2.12. The molecule has 27 heavy (non-hydrogen) atoms. The van der Waals surface area contributed by atoms with Crippen LogP contribution in [0.1, 0.15) is 25.8 Å². The molecule has 0 aliphatic carbocycles. The number of halogens is 2. The molecule has 3 aromatic rings. The zero-order chi connectivity index (χ0) is 20.0. The minimum Gasteiger partial charge on any atom is -0.388 e. The number of H-pyrrole nitrogens is 1. The second kappa shape index (κ2) is 9.44. The quantitative estimate of drug-likeness (QED) is 0.461. The number of nitrogens with zero attached hydrogens (tertiary/aromatic N) is 1. The van der Waals surface area contributed by atoms with E-state index in [1.807, 2.05) is 25.2 Å². The molecule has 0 aliphatic heterocycles. The molecule has 142 valence electrons. The van der Waals surface area contributed by atoms with E-state index in [-0.39, 0.29) is 10.7 Å². The van der Waals surface area contributed by atoms with E-state index < -0.39 is 0 Å². The highest BCUT2D eigenvalue weighted by atomic mass is 35.5. The molecule has 1 aromatic carbocycles. The summed E-state index contributed by atoms with van der Waals surface area (Å²) < 4.78 is 0. The number of fused-ring (bicyclic) bond motifs is 1. The summed E-state index contributed by atoms with van der Waals surface area (Å²) in [5, 5.41) is 7.76. The van der Waals surface area contributed by atoms with Crippen molar-refractivity contribution in [2.45, 2.75) is 20.3 Å². The SMILES string of the molecule is C=Cc1ccc(Nc2nc(Cl)cc3c(Cl)c[nH]c(=O)c23)cc1NC.CCC. The first-order valence-corrected chi connectivity index (χ1v) is 9.29. The highest BCUT2D eigenvalue weighted by molar-refractivity contribution is 6.36. The van der Waals surface area contributed by atoms with Crippen LogP contribution in [-0.4, -0.2) is 17.0 Å². The van der Waals surface area contributed by atoms with Crippen LogP contribution in [0, 0.1) is 0 Å². The molecule has 0 unspecified atom stereocenters. The lowest BCUT2D eigenvalue weighted by molar-refractivity contribution is 1.09. The summed E-state index contributed by atoms with van der Waals surface area (Å²) in [7, 11) is 1.82. The zero-order valence-electron chi connectivity index (χ0n) is 15.5. The Morgan fingerprint density at radius 2 is 1.96 bits per heavy atom. The molecule has 5 nitrogen and oxygen atoms in total. The Labute approximate surface area is 168 Å². The van der Waals surface area contributed by atoms with E-state index in [0.717, 1.165) is 16.9 Å². The van der Waals surface area contributed by atoms with Crippen molar-refractivity contribution in [3.8, 4) is 0 Å². The lowest BCUT2D eigenvalue weighted by Crippen LogP contribution is -2.09. The molecule has 0 atom stereocenters. The third-order valence-corrected chi connectivity index (χ3v) is 4.11. The Morgan fingerprint density at radius 1 is 1.26 bits per heavy atom. The summed E-state index contributed by atoms with van der Waals surface area (Å²) in [6.45, 7) is 8.03. The fourth-order valence-corrected chi connectivity index (χ4v) is 2.86. The Kier molecular flexibility index (Phi) is 7.28. The normalized spacial score (nSPS) is 10.1. The number of aromatic amines is 1. The average Bonchev–Trinajstić information content (AvgIpc) is 2.65. The van der Waals surface area contributed by atoms with Gasteiger partial charge < -0.3 is 15.6 Å². The summed E-state index contributed by atoms with van der Waals surface area (Å²) in [6.07, 6.45) is 4.44. The van der Waals surface area contributed by atoms with Gasteiger partial charge in [0.05, 0.1) is 10.4 Å². The van der Waals surface area contributed by atoms with Crippen LogP contribution in [0.3, 0.4) is 0 Å². The first kappa shape index (κ1) is 20.8. The second-order valence-corrected chi connectivity index (χ2v) is 6.56. The van der Waals surface area contributed by atoms with Crippen LogP contribution >= 0.6 is 23.2 Å². The van der Waals surface area contributed by atoms with Crippen LogP contribution in [0.5, 0.6) is 0 Å². The molecule has 3 N–H and O–H groups in total. The predicted molar refractivity (Wildman–Crippen MR) is 118 cm³/mol. The monoisotopic (exact) mass is 404 g/mol. The highest BCUT2D eigenvalue weighted by Gasteiger charge is 2.12. The summed E-state index contributed by atoms with van der Waals surface area (Å²) in [6, 6.07) is 7.24. The van der Waals surface area contributed by atoms with E-state index in [4.69, 9.17) is 23.2 Å². The molecule has 0 fully saturated rings. The molecule has 0 amide bonds. The Balaban J connectivity index is 0.000000817. The van der Waals surface area contributed by atoms with Crippen LogP contribution in [0.4, 0.5) is 17.2 Å². The van der Waals surface area contributed by atoms with Crippen LogP contribution < -0.4 is 16.2 Å². The van der Waals surface area contributed by atoms with Crippen LogP contribution in [0.25, 0.3) is 16.8 Å². The lowest BCUT2D eigenvalue weighted by atomic mass is 10.1. The number of aromatic nitrogens is 2. The molecule has 0 aliphatic rings. The molecular formula is C20H22Cl2N4O. The van der Waals surface area contributed by atoms with Gasteiger partial charge in [-0.3, -0.25) is 4.79 Å². The third-order valence-electron chi connectivity index (χ3n) is 3.61. The molecule has 3 rings (SSSR count). The van der Waals surface area contributed by atoms with E-state index in [1.54, 1.807) is 12.1 Å². The Bertz CT molecular complexity index is 1010. The fourth-order valence-electron chi connectivity index (χ4n) is 2.47. The maximum absolute atomic E-state index is 12.2. The largest absolute Gasteiger partial charge is 0.388 e. The van der Waals surface area contributed by atoms with Gasteiger partial charge in [0.1, 0.15) is 11.0 Å². The molecule has 2 heterocycles. The topological polar surface area (TPSA) is 69.8 Å². The van der Waals surface area contributed by atoms with Gasteiger partial charge in [-0.05, 0) is 23.8 Å². The molecule has 0 radical (unpaired) electrons. The van der Waals surface area contributed by atoms with Crippen LogP contribution in [-0.2, 0) is 0 Å². The van der Waals surface area contributed by atoms with E-state index in [2.05, 4.69) is 41.0 Å². The average molecular weight is 405 g/mol. The van der Waals surface area contributed by atoms with Gasteiger partial charge in [0, 0.05) is 30.0 Å². The number of hydrogen-bond acceptors (Lipinski definition) is 4. The number of hydrogen-bond donors (Lipinski definition) is 3. The number of nitrogens with one attached hydrogen (secondary N) is 3. The minimum absolute atomic E-state index is 0.244. The van der Waals surface area contributed by atoms with Gasteiger partial charge in [0.2, 0.25) is 0 Å². The van der Waals surface area contributed by atoms with E-state index in [0.29, 0.717) is 21.6 Å². The van der Waals surface area contributed by atoms with Gasteiger partial charge in [0.25, 0.3) is 5.56 Å². The van der Waals surface area contributed by atoms with E-state index >= 15 is 0 Å². The van der Waals surface area contributed by atoms with Crippen molar-refractivity contribution in [3.63, 3.8) is 0 Å². The molecular weight excluding hydrogens is 383 g/mol. The molecule has 2 aromatic heterocycles. The molecule has 0 saturated carbocycles. The van der Waals surface area contributed by atoms with Gasteiger partial charge >= 0.3 is 0 Å². The number of anilines is 3. The van der Waals surface area contributed by atoms with E-state index in [1.165, 1.54) is 12.6 Å². The maximum Gasteiger partial charge on any atom is 0.259 e. The standard InChI is InChI=1S/C17H14Cl2N4O.C3H8/c1-3-9-4-5-10(6-13(9)20-2)22-16-15-11(7-14(19)23-16)12(18)8-21-17(15)24;1-3-2/h3-8,20H,1H2,2H3,(H,21,24)(H,22,23);3H2,1-2H3. The van der Waals surface area contributed by atoms with E-state index in [9.17, 15) is 4.79 Å². The molecule has 0 spiro atoms. The van der Waals surface area contributed by atoms with Crippen LogP contribution in [0.15, 0.2) is 41.8 Å². The summed E-state index contributed by atoms with van der Waals surface area (Å²) in [4.78, 5) is 19.0. The van der Waals surface area contributed by atoms with Crippen molar-refractivity contribution in [1.82, 2.24) is 9.97 Å². The summed E-state index contributed by atoms with van der Waals surface area (Å²) in [5.41, 5.74) is 2.32. The molecule has 7 heteroatoms. The predicted octanol–water partition coefficient (Wildman–Crippen LogP) is 6.07. The van der Waals surface area contributed by atoms with Crippen molar-refractivity contribution in [2.75, 3.05) is 17.7 Å². The number of rotatable bonds is 4. The molecule has 0 bridgehead atoms. The van der Waals surface area contributed by atoms with Crippen LogP contribution in [0.2, 0.25) is 10.2 Å². The second-order valence-electron chi connectivity index (χ2n) is 5.77.